The van der Waals surface area contributed by atoms with E-state index >= 15 is 0 Å². The zero-order valence-corrected chi connectivity index (χ0v) is 12.9. The van der Waals surface area contributed by atoms with Gasteiger partial charge in [0.1, 0.15) is 11.3 Å². The molecule has 0 spiro atoms. The number of fused-ring (bicyclic) bond motifs is 3. The van der Waals surface area contributed by atoms with E-state index in [0.717, 1.165) is 27.7 Å². The predicted molar refractivity (Wildman–Crippen MR) is 93.1 cm³/mol. The van der Waals surface area contributed by atoms with Crippen LogP contribution in [0, 0.1) is 0 Å². The summed E-state index contributed by atoms with van der Waals surface area (Å²) < 4.78 is 0. The normalized spacial score (nSPS) is 12.0. The molecule has 7 heteroatoms. The average molecular weight is 318 g/mol. The first kappa shape index (κ1) is 14.1. The number of aromatic hydroxyl groups is 1. The quantitative estimate of drug-likeness (QED) is 0.398. The third-order valence-corrected chi connectivity index (χ3v) is 3.73. The molecule has 0 radical (unpaired) electrons. The molecule has 0 saturated heterocycles. The molecule has 118 valence electrons. The molecule has 0 atom stereocenters. The largest absolute Gasteiger partial charge is 0.508 e. The minimum atomic E-state index is 0.219. The topological polar surface area (TPSA) is 99.1 Å². The van der Waals surface area contributed by atoms with Crippen molar-refractivity contribution in [3.05, 3.63) is 54.1 Å². The zero-order chi connectivity index (χ0) is 16.5. The van der Waals surface area contributed by atoms with Crippen LogP contribution in [0.15, 0.2) is 53.6 Å². The van der Waals surface area contributed by atoms with Crippen LogP contribution in [0.1, 0.15) is 12.5 Å². The molecule has 24 heavy (non-hydrogen) atoms. The van der Waals surface area contributed by atoms with Gasteiger partial charge in [0.2, 0.25) is 0 Å². The van der Waals surface area contributed by atoms with E-state index in [4.69, 9.17) is 0 Å². The fourth-order valence-corrected chi connectivity index (χ4v) is 2.47. The van der Waals surface area contributed by atoms with E-state index in [9.17, 15) is 5.11 Å². The Morgan fingerprint density at radius 2 is 1.88 bits per heavy atom. The maximum absolute atomic E-state index is 9.32. The van der Waals surface area contributed by atoms with Crippen molar-refractivity contribution >= 4 is 33.7 Å². The van der Waals surface area contributed by atoms with Gasteiger partial charge in [0.25, 0.3) is 5.95 Å². The van der Waals surface area contributed by atoms with Crippen molar-refractivity contribution in [1.29, 1.82) is 0 Å². The first-order valence-corrected chi connectivity index (χ1v) is 7.41. The van der Waals surface area contributed by atoms with Crippen molar-refractivity contribution in [1.82, 2.24) is 20.2 Å². The van der Waals surface area contributed by atoms with Crippen LogP contribution in [0.3, 0.4) is 0 Å². The molecule has 4 aromatic rings. The molecule has 7 nitrogen and oxygen atoms in total. The van der Waals surface area contributed by atoms with Crippen LogP contribution < -0.4 is 5.43 Å². The molecular weight excluding hydrogens is 304 g/mol. The van der Waals surface area contributed by atoms with Crippen LogP contribution >= 0.6 is 0 Å². The summed E-state index contributed by atoms with van der Waals surface area (Å²) in [6.45, 7) is 1.86. The summed E-state index contributed by atoms with van der Waals surface area (Å²) in [4.78, 5) is 7.62. The molecule has 0 aliphatic rings. The molecule has 0 bridgehead atoms. The first-order chi connectivity index (χ1) is 11.7. The summed E-state index contributed by atoms with van der Waals surface area (Å²) in [6, 6.07) is 14.7. The summed E-state index contributed by atoms with van der Waals surface area (Å²) in [7, 11) is 0. The van der Waals surface area contributed by atoms with E-state index in [1.165, 1.54) is 0 Å². The number of aromatic amines is 1. The maximum atomic E-state index is 9.32. The molecule has 4 rings (SSSR count). The molecule has 0 amide bonds. The number of anilines is 1. The molecule has 2 heterocycles. The Labute approximate surface area is 137 Å². The van der Waals surface area contributed by atoms with Gasteiger partial charge in [0.15, 0.2) is 5.65 Å². The van der Waals surface area contributed by atoms with Gasteiger partial charge in [0.05, 0.1) is 5.71 Å². The zero-order valence-electron chi connectivity index (χ0n) is 12.9. The number of benzene rings is 2. The molecule has 0 unspecified atom stereocenters. The highest BCUT2D eigenvalue weighted by Gasteiger charge is 2.08. The smallest absolute Gasteiger partial charge is 0.265 e. The Bertz CT molecular complexity index is 1050. The van der Waals surface area contributed by atoms with Gasteiger partial charge in [-0.15, -0.1) is 10.2 Å². The summed E-state index contributed by atoms with van der Waals surface area (Å²) in [5.41, 5.74) is 6.81. The van der Waals surface area contributed by atoms with Crippen molar-refractivity contribution in [2.45, 2.75) is 6.92 Å². The van der Waals surface area contributed by atoms with E-state index < -0.39 is 0 Å². The van der Waals surface area contributed by atoms with Gasteiger partial charge in [-0.2, -0.15) is 10.1 Å². The van der Waals surface area contributed by atoms with Crippen LogP contribution in [0.5, 0.6) is 5.75 Å². The highest BCUT2D eigenvalue weighted by Crippen LogP contribution is 2.21. The second-order valence-corrected chi connectivity index (χ2v) is 5.36. The van der Waals surface area contributed by atoms with E-state index in [2.05, 4.69) is 30.7 Å². The molecule has 3 N–H and O–H groups in total. The van der Waals surface area contributed by atoms with Crippen LogP contribution in [0.25, 0.3) is 22.1 Å². The maximum Gasteiger partial charge on any atom is 0.265 e. The molecule has 2 aromatic heterocycles. The molecule has 0 fully saturated rings. The number of hydrazone groups is 1. The number of aromatic nitrogens is 4. The Kier molecular flexibility index (Phi) is 3.31. The SMILES string of the molecule is CC(=NNc1nnc2c(n1)[nH]c1ccccc12)c1ccc(O)cc1. The van der Waals surface area contributed by atoms with Crippen LogP contribution in [0.4, 0.5) is 5.95 Å². The third-order valence-electron chi connectivity index (χ3n) is 3.73. The van der Waals surface area contributed by atoms with Gasteiger partial charge in [-0.25, -0.2) is 5.43 Å². The van der Waals surface area contributed by atoms with E-state index in [1.54, 1.807) is 24.3 Å². The number of nitrogens with zero attached hydrogens (tertiary/aromatic N) is 4. The molecule has 0 saturated carbocycles. The summed E-state index contributed by atoms with van der Waals surface area (Å²) >= 11 is 0. The van der Waals surface area contributed by atoms with Crippen molar-refractivity contribution in [3.63, 3.8) is 0 Å². The fraction of sp³-hybridized carbons (Fsp3) is 0.0588. The number of hydrogen-bond donors (Lipinski definition) is 3. The molecule has 0 aliphatic carbocycles. The van der Waals surface area contributed by atoms with Gasteiger partial charge in [0, 0.05) is 10.9 Å². The number of nitrogens with one attached hydrogen (secondary N) is 2. The molecular formula is C17H14N6O. The van der Waals surface area contributed by atoms with Crippen molar-refractivity contribution < 1.29 is 5.11 Å². The number of phenols is 1. The van der Waals surface area contributed by atoms with E-state index in [1.807, 2.05) is 31.2 Å². The van der Waals surface area contributed by atoms with Crippen molar-refractivity contribution in [2.24, 2.45) is 5.10 Å². The van der Waals surface area contributed by atoms with Gasteiger partial charge < -0.3 is 10.1 Å². The number of para-hydroxylation sites is 1. The van der Waals surface area contributed by atoms with Gasteiger partial charge >= 0.3 is 0 Å². The van der Waals surface area contributed by atoms with Crippen molar-refractivity contribution in [2.75, 3.05) is 5.43 Å². The number of hydrogen-bond acceptors (Lipinski definition) is 6. The second-order valence-electron chi connectivity index (χ2n) is 5.36. The number of rotatable bonds is 3. The minimum Gasteiger partial charge on any atom is -0.508 e. The summed E-state index contributed by atoms with van der Waals surface area (Å²) in [5.74, 6) is 0.531. The van der Waals surface area contributed by atoms with Crippen LogP contribution in [-0.4, -0.2) is 31.0 Å². The lowest BCUT2D eigenvalue weighted by atomic mass is 10.1. The van der Waals surface area contributed by atoms with Gasteiger partial charge in [-0.1, -0.05) is 18.2 Å². The second kappa shape index (κ2) is 5.62. The Hall–Kier alpha value is -3.48. The van der Waals surface area contributed by atoms with Crippen LogP contribution in [-0.2, 0) is 0 Å². The Balaban J connectivity index is 1.63. The first-order valence-electron chi connectivity index (χ1n) is 7.41. The highest BCUT2D eigenvalue weighted by molar-refractivity contribution is 6.03. The van der Waals surface area contributed by atoms with Crippen LogP contribution in [0.2, 0.25) is 0 Å². The summed E-state index contributed by atoms with van der Waals surface area (Å²) in [5, 5.41) is 22.9. The van der Waals surface area contributed by atoms with E-state index in [-0.39, 0.29) is 5.75 Å². The standard InChI is InChI=1S/C17H14N6O/c1-10(11-6-8-12(24)9-7-11)20-22-17-19-16-15(21-23-17)13-4-2-3-5-14(13)18-16/h2-9,24H,1H3,(H2,18,19,22,23). The third kappa shape index (κ3) is 2.52. The predicted octanol–water partition coefficient (Wildman–Crippen LogP) is 3.05. The lowest BCUT2D eigenvalue weighted by Crippen LogP contribution is -2.03. The van der Waals surface area contributed by atoms with Crippen molar-refractivity contribution in [3.8, 4) is 5.75 Å². The summed E-state index contributed by atoms with van der Waals surface area (Å²) in [6.07, 6.45) is 0. The lowest BCUT2D eigenvalue weighted by molar-refractivity contribution is 0.475. The number of H-pyrrole nitrogens is 1. The molecule has 0 aliphatic heterocycles. The van der Waals surface area contributed by atoms with Gasteiger partial charge in [-0.05, 0) is 42.8 Å². The fourth-order valence-electron chi connectivity index (χ4n) is 2.47. The highest BCUT2D eigenvalue weighted by atomic mass is 16.3. The Morgan fingerprint density at radius 1 is 1.08 bits per heavy atom. The monoisotopic (exact) mass is 318 g/mol. The number of phenolic OH excluding ortho intramolecular Hbond substituents is 1. The lowest BCUT2D eigenvalue weighted by Gasteiger charge is -2.02. The Morgan fingerprint density at radius 3 is 2.71 bits per heavy atom. The molecule has 2 aromatic carbocycles. The van der Waals surface area contributed by atoms with E-state index in [0.29, 0.717) is 11.6 Å². The minimum absolute atomic E-state index is 0.219. The average Bonchev–Trinajstić information content (AvgIpc) is 2.98. The van der Waals surface area contributed by atoms with Gasteiger partial charge in [-0.3, -0.25) is 0 Å².